The molecule has 0 fully saturated rings. The zero-order valence-corrected chi connectivity index (χ0v) is 42.4. The van der Waals surface area contributed by atoms with Crippen molar-refractivity contribution in [2.75, 3.05) is 0 Å². The Hall–Kier alpha value is -6.24. The van der Waals surface area contributed by atoms with Gasteiger partial charge in [0.15, 0.2) is 0 Å². The van der Waals surface area contributed by atoms with Crippen molar-refractivity contribution in [2.24, 2.45) is 0 Å². The topological polar surface area (TPSA) is 0 Å². The lowest BCUT2D eigenvalue weighted by molar-refractivity contribution is 0.772. The first-order valence-corrected chi connectivity index (χ1v) is 24.9. The minimum absolute atomic E-state index is 1.05. The maximum absolute atomic E-state index is 4.11. The molecule has 8 aromatic carbocycles. The summed E-state index contributed by atoms with van der Waals surface area (Å²) in [7, 11) is 0. The molecule has 0 N–H and O–H groups in total. The number of allylic oxidation sites excluding steroid dienone is 5. The van der Waals surface area contributed by atoms with Crippen molar-refractivity contribution in [1.29, 1.82) is 0 Å². The number of rotatable bonds is 11. The first kappa shape index (κ1) is 52.4. The van der Waals surface area contributed by atoms with Crippen molar-refractivity contribution in [3.8, 4) is 22.3 Å². The highest BCUT2D eigenvalue weighted by molar-refractivity contribution is 6.18. The maximum Gasteiger partial charge on any atom is -0.00262 e. The van der Waals surface area contributed by atoms with Gasteiger partial charge >= 0.3 is 0 Å². The van der Waals surface area contributed by atoms with Gasteiger partial charge in [0, 0.05) is 0 Å². The summed E-state index contributed by atoms with van der Waals surface area (Å²) < 4.78 is 0. The summed E-state index contributed by atoms with van der Waals surface area (Å²) in [5, 5.41) is 7.87. The van der Waals surface area contributed by atoms with Crippen LogP contribution in [0.4, 0.5) is 0 Å². The summed E-state index contributed by atoms with van der Waals surface area (Å²) in [6, 6.07) is 58.9. The van der Waals surface area contributed by atoms with E-state index in [-0.39, 0.29) is 0 Å². The van der Waals surface area contributed by atoms with Crippen LogP contribution in [0.25, 0.3) is 71.3 Å². The Morgan fingerprint density at radius 3 is 1.42 bits per heavy atom. The minimum atomic E-state index is 1.05. The van der Waals surface area contributed by atoms with Crippen LogP contribution in [0.5, 0.6) is 0 Å². The molecule has 0 aromatic heterocycles. The molecule has 0 saturated carbocycles. The highest BCUT2D eigenvalue weighted by atomic mass is 14.2. The molecule has 0 saturated heterocycles. The molecular formula is C66H78. The fourth-order valence-electron chi connectivity index (χ4n) is 8.17. The van der Waals surface area contributed by atoms with Gasteiger partial charge in [0.1, 0.15) is 0 Å². The molecule has 8 aromatic rings. The summed E-state index contributed by atoms with van der Waals surface area (Å²) in [5.74, 6) is 0. The van der Waals surface area contributed by atoms with E-state index in [0.717, 1.165) is 18.4 Å². The Kier molecular flexibility index (Phi) is 22.2. The second-order valence-corrected chi connectivity index (χ2v) is 17.0. The molecule has 0 aliphatic heterocycles. The molecule has 0 bridgehead atoms. The number of fused-ring (bicyclic) bond motifs is 3. The lowest BCUT2D eigenvalue weighted by Gasteiger charge is -2.19. The average molecular weight is 871 g/mol. The van der Waals surface area contributed by atoms with Crippen molar-refractivity contribution in [3.63, 3.8) is 0 Å². The highest BCUT2D eigenvalue weighted by Gasteiger charge is 2.17. The third kappa shape index (κ3) is 14.1. The molecule has 66 heavy (non-hydrogen) atoms. The zero-order valence-electron chi connectivity index (χ0n) is 42.4. The van der Waals surface area contributed by atoms with Gasteiger partial charge in [-0.3, -0.25) is 0 Å². The smallest absolute Gasteiger partial charge is 0.00262 e. The van der Waals surface area contributed by atoms with Crippen LogP contribution < -0.4 is 0 Å². The molecule has 0 unspecified atom stereocenters. The van der Waals surface area contributed by atoms with Crippen LogP contribution in [-0.2, 0) is 0 Å². The Labute approximate surface area is 400 Å². The number of aryl methyl sites for hydroxylation is 2. The standard InChI is InChI=1S/C38H34.C17H16.C5H12.C4H10.C2H6/c1-5-6-13-26(3)37-31-16-9-11-18-33(31)38(34-19-12-10-17-32(34)37)30-21-20-25(2)35(24-30)36-23-29-15-8-7-14-28(29)22-27(36)4;1-14(16-9-5-3-6-10-16)13-15(2)17-11-7-4-8-12-17;1-3-5-4-2;1-3-4-2;1-2/h7-24H,5-6H2,1-4H3;3-13H,1H2,2H3;3-5H2,1-2H3;3-4H2,1-2H3;1-2H3/b26-13-;15-13+;;;. The molecule has 0 heteroatoms. The van der Waals surface area contributed by atoms with Gasteiger partial charge in [-0.25, -0.2) is 0 Å². The van der Waals surface area contributed by atoms with Crippen LogP contribution in [0.1, 0.15) is 135 Å². The first-order valence-electron chi connectivity index (χ1n) is 24.9. The fourth-order valence-corrected chi connectivity index (χ4v) is 8.17. The van der Waals surface area contributed by atoms with Crippen molar-refractivity contribution >= 4 is 49.0 Å². The summed E-state index contributed by atoms with van der Waals surface area (Å²) in [5.41, 5.74) is 15.2. The zero-order chi connectivity index (χ0) is 47.8. The normalized spacial score (nSPS) is 11.0. The van der Waals surface area contributed by atoms with Crippen molar-refractivity contribution in [1.82, 2.24) is 0 Å². The maximum atomic E-state index is 4.11. The number of hydrogen-bond donors (Lipinski definition) is 0. The van der Waals surface area contributed by atoms with E-state index in [1.54, 1.807) is 0 Å². The van der Waals surface area contributed by atoms with Crippen LogP contribution in [0.3, 0.4) is 0 Å². The lowest BCUT2D eigenvalue weighted by Crippen LogP contribution is -1.94. The first-order chi connectivity index (χ1) is 32.2. The van der Waals surface area contributed by atoms with Gasteiger partial charge in [0.05, 0.1) is 0 Å². The SMILES string of the molecule is C=C(/C=C(\C)c1ccccc1)c1ccccc1.CC.CCC/C=C(/C)c1c2ccccc2c(-c2ccc(C)c(-c3cc4ccccc4cc3C)c2)c2ccccc12.CCCC.CCCCC. The van der Waals surface area contributed by atoms with Gasteiger partial charge < -0.3 is 0 Å². The second kappa shape index (κ2) is 27.9. The summed E-state index contributed by atoms with van der Waals surface area (Å²) >= 11 is 0. The third-order valence-electron chi connectivity index (χ3n) is 11.9. The van der Waals surface area contributed by atoms with E-state index in [1.807, 2.05) is 38.1 Å². The van der Waals surface area contributed by atoms with E-state index in [1.165, 1.54) is 126 Å². The molecule has 8 rings (SSSR count). The highest BCUT2D eigenvalue weighted by Crippen LogP contribution is 2.43. The second-order valence-electron chi connectivity index (χ2n) is 17.0. The summed E-state index contributed by atoms with van der Waals surface area (Å²) in [6.45, 7) is 28.0. The van der Waals surface area contributed by atoms with Gasteiger partial charge in [-0.1, -0.05) is 257 Å². The molecular weight excluding hydrogens is 793 g/mol. The number of hydrogen-bond acceptors (Lipinski definition) is 0. The molecule has 0 aliphatic rings. The van der Waals surface area contributed by atoms with Gasteiger partial charge in [-0.05, 0) is 145 Å². The van der Waals surface area contributed by atoms with E-state index in [2.05, 4.69) is 221 Å². The van der Waals surface area contributed by atoms with Gasteiger partial charge in [-0.2, -0.15) is 0 Å². The van der Waals surface area contributed by atoms with Gasteiger partial charge in [0.25, 0.3) is 0 Å². The molecule has 0 spiro atoms. The predicted octanol–water partition coefficient (Wildman–Crippen LogP) is 21.1. The van der Waals surface area contributed by atoms with Crippen LogP contribution in [0.15, 0.2) is 183 Å². The van der Waals surface area contributed by atoms with Gasteiger partial charge in [0.2, 0.25) is 0 Å². The Morgan fingerprint density at radius 1 is 0.455 bits per heavy atom. The monoisotopic (exact) mass is 871 g/mol. The Morgan fingerprint density at radius 2 is 0.924 bits per heavy atom. The van der Waals surface area contributed by atoms with Crippen LogP contribution in [0.2, 0.25) is 0 Å². The summed E-state index contributed by atoms with van der Waals surface area (Å²) in [4.78, 5) is 0. The van der Waals surface area contributed by atoms with E-state index >= 15 is 0 Å². The van der Waals surface area contributed by atoms with Gasteiger partial charge in [-0.15, -0.1) is 0 Å². The Bertz CT molecular complexity index is 2720. The number of benzene rings is 8. The van der Waals surface area contributed by atoms with Crippen molar-refractivity contribution in [2.45, 2.75) is 121 Å². The van der Waals surface area contributed by atoms with E-state index in [0.29, 0.717) is 0 Å². The van der Waals surface area contributed by atoms with E-state index in [4.69, 9.17) is 0 Å². The van der Waals surface area contributed by atoms with Crippen LogP contribution in [-0.4, -0.2) is 0 Å². The quantitative estimate of drug-likeness (QED) is 0.0897. The minimum Gasteiger partial charge on any atom is -0.0911 e. The largest absolute Gasteiger partial charge is 0.0911 e. The molecule has 0 atom stereocenters. The molecule has 0 heterocycles. The van der Waals surface area contributed by atoms with Crippen molar-refractivity contribution < 1.29 is 0 Å². The predicted molar refractivity (Wildman–Crippen MR) is 301 cm³/mol. The fraction of sp³-hybridized carbons (Fsp3) is 0.273. The van der Waals surface area contributed by atoms with Crippen LogP contribution in [0, 0.1) is 13.8 Å². The van der Waals surface area contributed by atoms with Crippen LogP contribution >= 0.6 is 0 Å². The summed E-state index contributed by atoms with van der Waals surface area (Å²) in [6.07, 6.45) is 13.5. The number of unbranched alkanes of at least 4 members (excludes halogenated alkanes) is 4. The van der Waals surface area contributed by atoms with Crippen molar-refractivity contribution in [3.05, 3.63) is 210 Å². The molecule has 0 radical (unpaired) electrons. The molecule has 0 aliphatic carbocycles. The molecule has 0 nitrogen and oxygen atoms in total. The third-order valence-corrected chi connectivity index (χ3v) is 11.9. The molecule has 0 amide bonds. The average Bonchev–Trinajstić information content (AvgIpc) is 3.36. The van der Waals surface area contributed by atoms with E-state index < -0.39 is 0 Å². The lowest BCUT2D eigenvalue weighted by atomic mass is 9.84. The Balaban J connectivity index is 0.000000281. The molecule has 342 valence electrons. The van der Waals surface area contributed by atoms with E-state index in [9.17, 15) is 0 Å².